The van der Waals surface area contributed by atoms with Gasteiger partial charge in [0.05, 0.1) is 13.2 Å². The Labute approximate surface area is 173 Å². The van der Waals surface area contributed by atoms with Crippen LogP contribution in [0, 0.1) is 0 Å². The molecule has 5 rings (SSSR count). The number of anilines is 1. The van der Waals surface area contributed by atoms with Crippen molar-refractivity contribution in [3.05, 3.63) is 47.4 Å². The number of allylic oxidation sites excluding steroid dienone is 2. The number of morpholine rings is 1. The van der Waals surface area contributed by atoms with Crippen molar-refractivity contribution in [1.82, 2.24) is 19.7 Å². The molecule has 0 spiro atoms. The molecule has 1 aromatic heterocycles. The number of hydrogen-bond donors (Lipinski definition) is 1. The molecule has 0 radical (unpaired) electrons. The first-order chi connectivity index (χ1) is 14.7. The molecule has 156 valence electrons. The number of rotatable bonds is 4. The smallest absolute Gasteiger partial charge is 0.260 e. The van der Waals surface area contributed by atoms with Gasteiger partial charge in [-0.1, -0.05) is 12.1 Å². The Morgan fingerprint density at radius 1 is 1.20 bits per heavy atom. The van der Waals surface area contributed by atoms with Crippen LogP contribution in [-0.4, -0.2) is 64.3 Å². The van der Waals surface area contributed by atoms with Crippen molar-refractivity contribution in [3.63, 3.8) is 0 Å². The molecule has 1 fully saturated rings. The lowest BCUT2D eigenvalue weighted by molar-refractivity contribution is -0.137. The molecule has 3 aliphatic rings. The minimum absolute atomic E-state index is 0.00624. The lowest BCUT2D eigenvalue weighted by atomic mass is 9.85. The summed E-state index contributed by atoms with van der Waals surface area (Å²) in [5, 5.41) is 7.60. The summed E-state index contributed by atoms with van der Waals surface area (Å²) in [6, 6.07) is 7.18. The quantitative estimate of drug-likeness (QED) is 0.818. The molecule has 1 N–H and O–H groups in total. The Balaban J connectivity index is 1.34. The number of carbonyl (C=O) groups is 2. The van der Waals surface area contributed by atoms with Crippen LogP contribution in [0.3, 0.4) is 0 Å². The lowest BCUT2D eigenvalue weighted by Gasteiger charge is -2.32. The number of carbonyl (C=O) groups excluding carboxylic acids is 2. The Kier molecular flexibility index (Phi) is 4.96. The van der Waals surface area contributed by atoms with E-state index in [0.717, 1.165) is 29.7 Å². The van der Waals surface area contributed by atoms with Crippen molar-refractivity contribution in [2.45, 2.75) is 25.3 Å². The fraction of sp³-hybridized carbons (Fsp3) is 0.429. The Bertz CT molecular complexity index is 991. The third-order valence-corrected chi connectivity index (χ3v) is 5.73. The number of ether oxygens (including phenoxy) is 2. The summed E-state index contributed by atoms with van der Waals surface area (Å²) in [6.07, 6.45) is 3.71. The number of fused-ring (bicyclic) bond motifs is 1. The zero-order valence-corrected chi connectivity index (χ0v) is 16.5. The summed E-state index contributed by atoms with van der Waals surface area (Å²) in [7, 11) is 0. The molecule has 1 amide bonds. The first-order valence-electron chi connectivity index (χ1n) is 10.2. The van der Waals surface area contributed by atoms with Gasteiger partial charge in [-0.3, -0.25) is 9.59 Å². The van der Waals surface area contributed by atoms with E-state index in [1.807, 2.05) is 24.3 Å². The molecule has 30 heavy (non-hydrogen) atoms. The van der Waals surface area contributed by atoms with E-state index >= 15 is 0 Å². The van der Waals surface area contributed by atoms with Crippen molar-refractivity contribution in [2.75, 3.05) is 38.2 Å². The monoisotopic (exact) mass is 409 g/mol. The highest BCUT2D eigenvalue weighted by atomic mass is 16.5. The highest BCUT2D eigenvalue weighted by molar-refractivity contribution is 5.99. The van der Waals surface area contributed by atoms with Crippen LogP contribution < -0.4 is 10.1 Å². The highest BCUT2D eigenvalue weighted by Gasteiger charge is 2.36. The number of aromatic nitrogens is 3. The molecule has 9 nitrogen and oxygen atoms in total. The first kappa shape index (κ1) is 18.8. The number of amides is 1. The topological polar surface area (TPSA) is 98.6 Å². The van der Waals surface area contributed by atoms with Crippen molar-refractivity contribution in [2.24, 2.45) is 0 Å². The van der Waals surface area contributed by atoms with Crippen molar-refractivity contribution < 1.29 is 19.1 Å². The summed E-state index contributed by atoms with van der Waals surface area (Å²) >= 11 is 0. The standard InChI is InChI=1S/C21H23N5O4/c27-17-3-1-2-16-19(17)20(26-21(24-16)22-13-23-26)14-4-6-15(7-5-14)30-12-18(28)25-8-10-29-11-9-25/h4-7,13,20H,1-3,8-12H2,(H,22,23,24). The molecule has 1 unspecified atom stereocenters. The zero-order chi connectivity index (χ0) is 20.5. The Hall–Kier alpha value is -3.20. The van der Waals surface area contributed by atoms with Crippen LogP contribution in [0.5, 0.6) is 5.75 Å². The van der Waals surface area contributed by atoms with E-state index in [1.54, 1.807) is 9.58 Å². The van der Waals surface area contributed by atoms with Crippen LogP contribution in [0.15, 0.2) is 41.9 Å². The van der Waals surface area contributed by atoms with Crippen molar-refractivity contribution in [3.8, 4) is 5.75 Å². The van der Waals surface area contributed by atoms with E-state index in [-0.39, 0.29) is 24.3 Å². The molecule has 1 aromatic carbocycles. The average Bonchev–Trinajstić information content (AvgIpc) is 3.25. The van der Waals surface area contributed by atoms with E-state index in [0.29, 0.717) is 44.4 Å². The van der Waals surface area contributed by atoms with Gasteiger partial charge in [0.15, 0.2) is 12.4 Å². The molecule has 1 saturated heterocycles. The Morgan fingerprint density at radius 2 is 2.00 bits per heavy atom. The molecule has 2 aliphatic heterocycles. The van der Waals surface area contributed by atoms with Gasteiger partial charge in [-0.05, 0) is 30.5 Å². The fourth-order valence-electron chi connectivity index (χ4n) is 4.20. The summed E-state index contributed by atoms with van der Waals surface area (Å²) in [4.78, 5) is 31.0. The van der Waals surface area contributed by atoms with Crippen LogP contribution in [0.25, 0.3) is 0 Å². The van der Waals surface area contributed by atoms with E-state index < -0.39 is 0 Å². The molecule has 1 atom stereocenters. The molecule has 0 saturated carbocycles. The third kappa shape index (κ3) is 3.45. The maximum atomic E-state index is 12.7. The van der Waals surface area contributed by atoms with Crippen molar-refractivity contribution >= 4 is 17.6 Å². The third-order valence-electron chi connectivity index (χ3n) is 5.73. The number of ketones is 1. The number of nitrogens with one attached hydrogen (secondary N) is 1. The summed E-state index contributed by atoms with van der Waals surface area (Å²) in [5.74, 6) is 1.35. The largest absolute Gasteiger partial charge is 0.484 e. The van der Waals surface area contributed by atoms with Crippen LogP contribution in [-0.2, 0) is 14.3 Å². The lowest BCUT2D eigenvalue weighted by Crippen LogP contribution is -2.42. The number of Topliss-reactive ketones (excluding diaryl/α,β-unsaturated/α-hetero) is 1. The van der Waals surface area contributed by atoms with Crippen LogP contribution >= 0.6 is 0 Å². The second-order valence-electron chi connectivity index (χ2n) is 7.58. The van der Waals surface area contributed by atoms with Gasteiger partial charge in [0, 0.05) is 30.8 Å². The van der Waals surface area contributed by atoms with Crippen LogP contribution in [0.1, 0.15) is 30.9 Å². The fourth-order valence-corrected chi connectivity index (χ4v) is 4.20. The van der Waals surface area contributed by atoms with Gasteiger partial charge >= 0.3 is 0 Å². The van der Waals surface area contributed by atoms with E-state index in [1.165, 1.54) is 6.33 Å². The molecule has 3 heterocycles. The predicted molar refractivity (Wildman–Crippen MR) is 107 cm³/mol. The number of benzene rings is 1. The molecule has 1 aliphatic carbocycles. The minimum Gasteiger partial charge on any atom is -0.484 e. The van der Waals surface area contributed by atoms with Gasteiger partial charge in [0.2, 0.25) is 5.95 Å². The molecule has 0 bridgehead atoms. The second kappa shape index (κ2) is 7.91. The van der Waals surface area contributed by atoms with Crippen molar-refractivity contribution in [1.29, 1.82) is 0 Å². The van der Waals surface area contributed by atoms with Gasteiger partial charge < -0.3 is 19.7 Å². The zero-order valence-electron chi connectivity index (χ0n) is 16.5. The van der Waals surface area contributed by atoms with E-state index in [4.69, 9.17) is 9.47 Å². The summed E-state index contributed by atoms with van der Waals surface area (Å²) in [6.45, 7) is 2.33. The SMILES string of the molecule is O=C1CCCC2=C1C(c1ccc(OCC(=O)N3CCOCC3)cc1)n1ncnc1N2. The average molecular weight is 409 g/mol. The van der Waals surface area contributed by atoms with Crippen LogP contribution in [0.4, 0.5) is 5.95 Å². The molecular weight excluding hydrogens is 386 g/mol. The van der Waals surface area contributed by atoms with E-state index in [9.17, 15) is 9.59 Å². The minimum atomic E-state index is -0.310. The number of hydrogen-bond acceptors (Lipinski definition) is 7. The Morgan fingerprint density at radius 3 is 2.80 bits per heavy atom. The second-order valence-corrected chi connectivity index (χ2v) is 7.58. The normalized spacial score (nSPS) is 21.0. The number of nitrogens with zero attached hydrogens (tertiary/aromatic N) is 4. The van der Waals surface area contributed by atoms with E-state index in [2.05, 4.69) is 15.4 Å². The molecular formula is C21H23N5O4. The van der Waals surface area contributed by atoms with Gasteiger partial charge in [-0.2, -0.15) is 10.1 Å². The summed E-state index contributed by atoms with van der Waals surface area (Å²) < 4.78 is 12.7. The summed E-state index contributed by atoms with van der Waals surface area (Å²) in [5.41, 5.74) is 2.63. The molecule has 9 heteroatoms. The highest BCUT2D eigenvalue weighted by Crippen LogP contribution is 2.39. The first-order valence-corrected chi connectivity index (χ1v) is 10.2. The van der Waals surface area contributed by atoms with Gasteiger partial charge in [-0.25, -0.2) is 4.68 Å². The maximum Gasteiger partial charge on any atom is 0.260 e. The maximum absolute atomic E-state index is 12.7. The van der Waals surface area contributed by atoms with Gasteiger partial charge in [-0.15, -0.1) is 0 Å². The van der Waals surface area contributed by atoms with Crippen LogP contribution in [0.2, 0.25) is 0 Å². The van der Waals surface area contributed by atoms with Gasteiger partial charge in [0.25, 0.3) is 5.91 Å². The predicted octanol–water partition coefficient (Wildman–Crippen LogP) is 1.54. The van der Waals surface area contributed by atoms with Gasteiger partial charge in [0.1, 0.15) is 18.1 Å². The molecule has 2 aromatic rings.